The maximum absolute atomic E-state index is 12.2. The number of hydrogen-bond donors (Lipinski definition) is 2. The highest BCUT2D eigenvalue weighted by molar-refractivity contribution is 5.87. The summed E-state index contributed by atoms with van der Waals surface area (Å²) in [6.07, 6.45) is 1.87. The van der Waals surface area contributed by atoms with Crippen molar-refractivity contribution in [2.75, 3.05) is 0 Å². The van der Waals surface area contributed by atoms with Gasteiger partial charge in [-0.25, -0.2) is 0 Å². The molecule has 0 bridgehead atoms. The molecule has 0 heterocycles. The van der Waals surface area contributed by atoms with E-state index in [1.807, 2.05) is 30.3 Å². The quantitative estimate of drug-likeness (QED) is 0.529. The van der Waals surface area contributed by atoms with Gasteiger partial charge in [0.05, 0.1) is 11.3 Å². The molecule has 0 fully saturated rings. The largest absolute Gasteiger partial charge is 0.368 e. The van der Waals surface area contributed by atoms with Crippen LogP contribution in [-0.2, 0) is 22.4 Å². The Balaban J connectivity index is 1.88. The molecular weight excluding hydrogens is 334 g/mol. The second-order valence-corrected chi connectivity index (χ2v) is 6.00. The van der Waals surface area contributed by atoms with Gasteiger partial charge in [-0.15, -0.1) is 0 Å². The van der Waals surface area contributed by atoms with Gasteiger partial charge >= 0.3 is 0 Å². The molecule has 2 aromatic carbocycles. The summed E-state index contributed by atoms with van der Waals surface area (Å²) >= 11 is 0. The van der Waals surface area contributed by atoms with Crippen molar-refractivity contribution in [2.45, 2.75) is 31.7 Å². The summed E-state index contributed by atoms with van der Waals surface area (Å²) < 4.78 is 0. The zero-order valence-electron chi connectivity index (χ0n) is 14.3. The van der Waals surface area contributed by atoms with Gasteiger partial charge in [0.1, 0.15) is 6.04 Å². The van der Waals surface area contributed by atoms with Gasteiger partial charge in [-0.3, -0.25) is 19.7 Å². The lowest BCUT2D eigenvalue weighted by Crippen LogP contribution is -2.45. The average Bonchev–Trinajstić information content (AvgIpc) is 2.61. The molecule has 0 radical (unpaired) electrons. The van der Waals surface area contributed by atoms with E-state index < -0.39 is 22.8 Å². The van der Waals surface area contributed by atoms with E-state index in [0.29, 0.717) is 18.4 Å². The zero-order chi connectivity index (χ0) is 18.9. The summed E-state index contributed by atoms with van der Waals surface area (Å²) in [7, 11) is 0. The van der Waals surface area contributed by atoms with Crippen LogP contribution < -0.4 is 11.1 Å². The second kappa shape index (κ2) is 9.31. The molecule has 1 atom stereocenters. The maximum atomic E-state index is 12.2. The normalized spacial score (nSPS) is 11.5. The van der Waals surface area contributed by atoms with Crippen LogP contribution in [0.5, 0.6) is 0 Å². The SMILES string of the molecule is NC(=O)[C@@H](CCCc1ccccc1)NC(=O)Cc1cccc([N+](=O)[O-])c1. The number of nitro groups is 1. The fourth-order valence-electron chi connectivity index (χ4n) is 2.65. The molecule has 0 aromatic heterocycles. The number of carbonyl (C=O) groups is 2. The highest BCUT2D eigenvalue weighted by atomic mass is 16.6. The van der Waals surface area contributed by atoms with E-state index in [2.05, 4.69) is 5.32 Å². The van der Waals surface area contributed by atoms with Crippen LogP contribution in [0.4, 0.5) is 5.69 Å². The molecule has 2 rings (SSSR count). The predicted octanol–water partition coefficient (Wildman–Crippen LogP) is 2.13. The maximum Gasteiger partial charge on any atom is 0.269 e. The number of benzene rings is 2. The first-order valence-corrected chi connectivity index (χ1v) is 8.31. The first-order valence-electron chi connectivity index (χ1n) is 8.31. The molecule has 0 saturated carbocycles. The Hall–Kier alpha value is -3.22. The van der Waals surface area contributed by atoms with Gasteiger partial charge < -0.3 is 11.1 Å². The molecule has 7 nitrogen and oxygen atoms in total. The number of primary amides is 1. The fourth-order valence-corrected chi connectivity index (χ4v) is 2.65. The van der Waals surface area contributed by atoms with E-state index in [-0.39, 0.29) is 12.1 Å². The molecule has 0 aliphatic carbocycles. The molecular formula is C19H21N3O4. The molecule has 0 aliphatic rings. The number of rotatable bonds is 9. The number of nitrogens with one attached hydrogen (secondary N) is 1. The summed E-state index contributed by atoms with van der Waals surface area (Å²) in [6, 6.07) is 14.9. The van der Waals surface area contributed by atoms with Crippen molar-refractivity contribution < 1.29 is 14.5 Å². The molecule has 0 aliphatic heterocycles. The second-order valence-electron chi connectivity index (χ2n) is 6.00. The van der Waals surface area contributed by atoms with Crippen LogP contribution in [0.1, 0.15) is 24.0 Å². The number of amides is 2. The Bertz CT molecular complexity index is 777. The number of nitro benzene ring substituents is 1. The summed E-state index contributed by atoms with van der Waals surface area (Å²) in [5.74, 6) is -0.987. The Morgan fingerprint density at radius 1 is 1.08 bits per heavy atom. The molecule has 7 heteroatoms. The van der Waals surface area contributed by atoms with Crippen molar-refractivity contribution in [1.82, 2.24) is 5.32 Å². The zero-order valence-corrected chi connectivity index (χ0v) is 14.3. The minimum Gasteiger partial charge on any atom is -0.368 e. The highest BCUT2D eigenvalue weighted by Gasteiger charge is 2.18. The van der Waals surface area contributed by atoms with Crippen molar-refractivity contribution in [3.63, 3.8) is 0 Å². The molecule has 26 heavy (non-hydrogen) atoms. The van der Waals surface area contributed by atoms with E-state index >= 15 is 0 Å². The van der Waals surface area contributed by atoms with Crippen LogP contribution in [0.25, 0.3) is 0 Å². The smallest absolute Gasteiger partial charge is 0.269 e. The number of carbonyl (C=O) groups excluding carboxylic acids is 2. The van der Waals surface area contributed by atoms with Crippen molar-refractivity contribution in [1.29, 1.82) is 0 Å². The number of nitrogens with two attached hydrogens (primary N) is 1. The Morgan fingerprint density at radius 2 is 1.77 bits per heavy atom. The Kier molecular flexibility index (Phi) is 6.84. The number of aryl methyl sites for hydroxylation is 1. The van der Waals surface area contributed by atoms with Crippen LogP contribution >= 0.6 is 0 Å². The molecule has 0 spiro atoms. The van der Waals surface area contributed by atoms with Gasteiger partial charge in [0.15, 0.2) is 0 Å². The van der Waals surface area contributed by atoms with Gasteiger partial charge in [-0.05, 0) is 30.4 Å². The first-order chi connectivity index (χ1) is 12.5. The van der Waals surface area contributed by atoms with Crippen molar-refractivity contribution in [2.24, 2.45) is 5.73 Å². The average molecular weight is 355 g/mol. The minimum absolute atomic E-state index is 0.0514. The molecule has 2 aromatic rings. The van der Waals surface area contributed by atoms with Gasteiger partial charge in [0.2, 0.25) is 11.8 Å². The summed E-state index contributed by atoms with van der Waals surface area (Å²) in [4.78, 5) is 34.0. The third kappa shape index (κ3) is 6.01. The van der Waals surface area contributed by atoms with Gasteiger partial charge in [0, 0.05) is 12.1 Å². The monoisotopic (exact) mass is 355 g/mol. The van der Waals surface area contributed by atoms with E-state index in [0.717, 1.165) is 12.0 Å². The molecule has 0 unspecified atom stereocenters. The summed E-state index contributed by atoms with van der Waals surface area (Å²) in [5, 5.41) is 13.4. The standard InChI is InChI=1S/C19H21N3O4/c20-19(24)17(11-5-8-14-6-2-1-3-7-14)21-18(23)13-15-9-4-10-16(12-15)22(25)26/h1-4,6-7,9-10,12,17H,5,8,11,13H2,(H2,20,24)(H,21,23)/t17-/m1/s1. The van der Waals surface area contributed by atoms with E-state index in [1.165, 1.54) is 18.2 Å². The van der Waals surface area contributed by atoms with E-state index in [1.54, 1.807) is 6.07 Å². The fraction of sp³-hybridized carbons (Fsp3) is 0.263. The van der Waals surface area contributed by atoms with Gasteiger partial charge in [0.25, 0.3) is 5.69 Å². The minimum atomic E-state index is -0.759. The third-order valence-electron chi connectivity index (χ3n) is 3.97. The first kappa shape index (κ1) is 19.1. The number of nitrogens with zero attached hydrogens (tertiary/aromatic N) is 1. The highest BCUT2D eigenvalue weighted by Crippen LogP contribution is 2.13. The van der Waals surface area contributed by atoms with Crippen LogP contribution in [0.2, 0.25) is 0 Å². The third-order valence-corrected chi connectivity index (χ3v) is 3.97. The predicted molar refractivity (Wildman–Crippen MR) is 97.3 cm³/mol. The Labute approximate surface area is 151 Å². The molecule has 3 N–H and O–H groups in total. The molecule has 0 saturated heterocycles. The van der Waals surface area contributed by atoms with Crippen molar-refractivity contribution >= 4 is 17.5 Å². The lowest BCUT2D eigenvalue weighted by Gasteiger charge is -2.15. The summed E-state index contributed by atoms with van der Waals surface area (Å²) in [6.45, 7) is 0. The van der Waals surface area contributed by atoms with Crippen LogP contribution in [-0.4, -0.2) is 22.8 Å². The topological polar surface area (TPSA) is 115 Å². The number of non-ortho nitro benzene ring substituents is 1. The van der Waals surface area contributed by atoms with Crippen LogP contribution in [0, 0.1) is 10.1 Å². The Morgan fingerprint density at radius 3 is 2.42 bits per heavy atom. The van der Waals surface area contributed by atoms with Crippen molar-refractivity contribution in [3.8, 4) is 0 Å². The van der Waals surface area contributed by atoms with E-state index in [9.17, 15) is 19.7 Å². The lowest BCUT2D eigenvalue weighted by atomic mass is 10.0. The lowest BCUT2D eigenvalue weighted by molar-refractivity contribution is -0.384. The van der Waals surface area contributed by atoms with Gasteiger partial charge in [-0.2, -0.15) is 0 Å². The summed E-state index contributed by atoms with van der Waals surface area (Å²) in [5.41, 5.74) is 6.96. The molecule has 136 valence electrons. The van der Waals surface area contributed by atoms with E-state index in [4.69, 9.17) is 5.73 Å². The van der Waals surface area contributed by atoms with Crippen molar-refractivity contribution in [3.05, 3.63) is 75.8 Å². The number of hydrogen-bond acceptors (Lipinski definition) is 4. The van der Waals surface area contributed by atoms with Crippen LogP contribution in [0.15, 0.2) is 54.6 Å². The molecule has 2 amide bonds. The van der Waals surface area contributed by atoms with Gasteiger partial charge in [-0.1, -0.05) is 42.5 Å². The van der Waals surface area contributed by atoms with Crippen LogP contribution in [0.3, 0.4) is 0 Å².